The van der Waals surface area contributed by atoms with E-state index in [0.29, 0.717) is 0 Å². The Hall–Kier alpha value is -2.38. The van der Waals surface area contributed by atoms with Crippen LogP contribution in [0.25, 0.3) is 10.1 Å². The number of carboxylic acids is 1. The molecule has 0 aliphatic rings. The zero-order valence-corrected chi connectivity index (χ0v) is 12.8. The maximum atomic E-state index is 12.4. The van der Waals surface area contributed by atoms with Crippen molar-refractivity contribution in [1.82, 2.24) is 0 Å². The predicted octanol–water partition coefficient (Wildman–Crippen LogP) is 3.40. The number of thiophene rings is 1. The van der Waals surface area contributed by atoms with E-state index in [1.165, 1.54) is 35.6 Å². The van der Waals surface area contributed by atoms with Gasteiger partial charge in [-0.15, -0.1) is 11.3 Å². The molecule has 0 saturated heterocycles. The Bertz CT molecular complexity index is 927. The van der Waals surface area contributed by atoms with Crippen LogP contribution in [0, 0.1) is 0 Å². The van der Waals surface area contributed by atoms with Gasteiger partial charge in [0.1, 0.15) is 4.21 Å². The van der Waals surface area contributed by atoms with Gasteiger partial charge in [0.25, 0.3) is 10.0 Å². The van der Waals surface area contributed by atoms with E-state index in [9.17, 15) is 13.2 Å². The minimum absolute atomic E-state index is 0.0246. The average molecular weight is 333 g/mol. The van der Waals surface area contributed by atoms with Gasteiger partial charge in [0.2, 0.25) is 0 Å². The largest absolute Gasteiger partial charge is 0.478 e. The molecule has 0 amide bonds. The highest BCUT2D eigenvalue weighted by molar-refractivity contribution is 7.94. The third-order valence-corrected chi connectivity index (χ3v) is 6.00. The molecule has 0 spiro atoms. The van der Waals surface area contributed by atoms with Crippen LogP contribution in [0.2, 0.25) is 0 Å². The third kappa shape index (κ3) is 2.81. The molecule has 0 radical (unpaired) electrons. The Balaban J connectivity index is 1.96. The molecule has 0 fully saturated rings. The van der Waals surface area contributed by atoms with Gasteiger partial charge in [-0.25, -0.2) is 13.2 Å². The van der Waals surface area contributed by atoms with Crippen molar-refractivity contribution in [2.75, 3.05) is 4.72 Å². The van der Waals surface area contributed by atoms with E-state index in [1.807, 2.05) is 24.3 Å². The summed E-state index contributed by atoms with van der Waals surface area (Å²) in [6.07, 6.45) is 0. The van der Waals surface area contributed by atoms with Gasteiger partial charge in [0.05, 0.1) is 5.56 Å². The minimum atomic E-state index is -3.74. The Labute approximate surface area is 130 Å². The molecule has 112 valence electrons. The molecule has 2 N–H and O–H groups in total. The summed E-state index contributed by atoms with van der Waals surface area (Å²) in [6.45, 7) is 0. The van der Waals surface area contributed by atoms with Crippen LogP contribution in [-0.4, -0.2) is 19.5 Å². The van der Waals surface area contributed by atoms with E-state index in [4.69, 9.17) is 5.11 Å². The number of fused-ring (bicyclic) bond motifs is 1. The Morgan fingerprint density at radius 2 is 1.82 bits per heavy atom. The second-order valence-electron chi connectivity index (χ2n) is 4.59. The lowest BCUT2D eigenvalue weighted by atomic mass is 10.2. The van der Waals surface area contributed by atoms with Gasteiger partial charge in [-0.2, -0.15) is 0 Å². The number of sulfonamides is 1. The molecule has 3 aromatic rings. The number of anilines is 1. The average Bonchev–Trinajstić information content (AvgIpc) is 2.92. The number of aromatic carboxylic acids is 1. The summed E-state index contributed by atoms with van der Waals surface area (Å²) < 4.78 is 28.3. The van der Waals surface area contributed by atoms with Crippen LogP contribution in [0.4, 0.5) is 5.69 Å². The quantitative estimate of drug-likeness (QED) is 0.766. The van der Waals surface area contributed by atoms with Gasteiger partial charge in [-0.05, 0) is 35.7 Å². The van der Waals surface area contributed by atoms with Crippen LogP contribution in [-0.2, 0) is 10.0 Å². The number of hydrogen-bond acceptors (Lipinski definition) is 4. The van der Waals surface area contributed by atoms with Crippen molar-refractivity contribution in [2.24, 2.45) is 0 Å². The number of rotatable bonds is 4. The fraction of sp³-hybridized carbons (Fsp3) is 0. The molecule has 0 aliphatic heterocycles. The number of benzene rings is 2. The molecule has 22 heavy (non-hydrogen) atoms. The molecule has 0 aliphatic carbocycles. The number of hydrogen-bond donors (Lipinski definition) is 2. The highest BCUT2D eigenvalue weighted by Gasteiger charge is 2.18. The first-order valence-electron chi connectivity index (χ1n) is 6.30. The molecule has 5 nitrogen and oxygen atoms in total. The number of carbonyl (C=O) groups is 1. The highest BCUT2D eigenvalue weighted by atomic mass is 32.2. The van der Waals surface area contributed by atoms with Gasteiger partial charge >= 0.3 is 5.97 Å². The van der Waals surface area contributed by atoms with Crippen LogP contribution in [0.3, 0.4) is 0 Å². The van der Waals surface area contributed by atoms with Crippen molar-refractivity contribution in [1.29, 1.82) is 0 Å². The topological polar surface area (TPSA) is 83.5 Å². The summed E-state index contributed by atoms with van der Waals surface area (Å²) in [5, 5.41) is 9.80. The van der Waals surface area contributed by atoms with Gasteiger partial charge in [0.15, 0.2) is 0 Å². The first kappa shape index (κ1) is 14.6. The summed E-state index contributed by atoms with van der Waals surface area (Å²) >= 11 is 1.17. The van der Waals surface area contributed by atoms with E-state index in [1.54, 1.807) is 6.07 Å². The molecule has 1 heterocycles. The van der Waals surface area contributed by atoms with Gasteiger partial charge < -0.3 is 5.11 Å². The molecule has 0 bridgehead atoms. The molecule has 1 aromatic heterocycles. The maximum Gasteiger partial charge on any atom is 0.335 e. The summed E-state index contributed by atoms with van der Waals surface area (Å²) in [6, 6.07) is 14.7. The fourth-order valence-electron chi connectivity index (χ4n) is 2.01. The third-order valence-electron chi connectivity index (χ3n) is 3.03. The standard InChI is InChI=1S/C15H11NO4S2/c17-15(18)11-5-3-6-12(8-11)16-22(19,20)14-9-10-4-1-2-7-13(10)21-14/h1-9,16H,(H,17,18). The van der Waals surface area contributed by atoms with E-state index in [2.05, 4.69) is 4.72 Å². The lowest BCUT2D eigenvalue weighted by Crippen LogP contribution is -2.12. The second kappa shape index (κ2) is 5.43. The van der Waals surface area contributed by atoms with Crippen molar-refractivity contribution >= 4 is 43.1 Å². The maximum absolute atomic E-state index is 12.4. The molecule has 0 unspecified atom stereocenters. The molecule has 0 saturated carbocycles. The summed E-state index contributed by atoms with van der Waals surface area (Å²) in [5.41, 5.74) is 0.244. The number of carboxylic acid groups (broad SMARTS) is 1. The molecule has 0 atom stereocenters. The highest BCUT2D eigenvalue weighted by Crippen LogP contribution is 2.30. The zero-order chi connectivity index (χ0) is 15.7. The van der Waals surface area contributed by atoms with Crippen LogP contribution >= 0.6 is 11.3 Å². The van der Waals surface area contributed by atoms with Crippen molar-refractivity contribution < 1.29 is 18.3 Å². The van der Waals surface area contributed by atoms with Crippen LogP contribution < -0.4 is 4.72 Å². The smallest absolute Gasteiger partial charge is 0.335 e. The van der Waals surface area contributed by atoms with E-state index < -0.39 is 16.0 Å². The monoisotopic (exact) mass is 333 g/mol. The fourth-order valence-corrected chi connectivity index (χ4v) is 4.46. The predicted molar refractivity (Wildman–Crippen MR) is 86.0 cm³/mol. The molecule has 2 aromatic carbocycles. The van der Waals surface area contributed by atoms with Gasteiger partial charge in [-0.3, -0.25) is 4.72 Å². The van der Waals surface area contributed by atoms with Crippen molar-refractivity contribution in [3.8, 4) is 0 Å². The molecule has 3 rings (SSSR count). The first-order valence-corrected chi connectivity index (χ1v) is 8.60. The molecular weight excluding hydrogens is 322 g/mol. The number of nitrogens with one attached hydrogen (secondary N) is 1. The molecular formula is C15H11NO4S2. The Morgan fingerprint density at radius 1 is 1.05 bits per heavy atom. The van der Waals surface area contributed by atoms with Crippen LogP contribution in [0.1, 0.15) is 10.4 Å². The van der Waals surface area contributed by atoms with Crippen LogP contribution in [0.5, 0.6) is 0 Å². The first-order chi connectivity index (χ1) is 10.5. The lowest BCUT2D eigenvalue weighted by molar-refractivity contribution is 0.0697. The van der Waals surface area contributed by atoms with Crippen molar-refractivity contribution in [3.63, 3.8) is 0 Å². The van der Waals surface area contributed by atoms with E-state index >= 15 is 0 Å². The van der Waals surface area contributed by atoms with Crippen LogP contribution in [0.15, 0.2) is 58.8 Å². The normalized spacial score (nSPS) is 11.5. The van der Waals surface area contributed by atoms with Crippen molar-refractivity contribution in [3.05, 3.63) is 60.2 Å². The minimum Gasteiger partial charge on any atom is -0.478 e. The Morgan fingerprint density at radius 3 is 2.55 bits per heavy atom. The SMILES string of the molecule is O=C(O)c1cccc(NS(=O)(=O)c2cc3ccccc3s2)c1. The summed E-state index contributed by atoms with van der Waals surface area (Å²) in [7, 11) is -3.74. The molecule has 7 heteroatoms. The summed E-state index contributed by atoms with van der Waals surface area (Å²) in [4.78, 5) is 10.9. The van der Waals surface area contributed by atoms with E-state index in [0.717, 1.165) is 10.1 Å². The second-order valence-corrected chi connectivity index (χ2v) is 7.59. The van der Waals surface area contributed by atoms with Gasteiger partial charge in [-0.1, -0.05) is 24.3 Å². The lowest BCUT2D eigenvalue weighted by Gasteiger charge is -2.06. The van der Waals surface area contributed by atoms with Crippen molar-refractivity contribution in [2.45, 2.75) is 4.21 Å². The Kier molecular flexibility index (Phi) is 3.59. The zero-order valence-electron chi connectivity index (χ0n) is 11.2. The summed E-state index contributed by atoms with van der Waals surface area (Å²) in [5.74, 6) is -1.11. The van der Waals surface area contributed by atoms with E-state index in [-0.39, 0.29) is 15.5 Å². The van der Waals surface area contributed by atoms with Gasteiger partial charge in [0, 0.05) is 10.4 Å².